The summed E-state index contributed by atoms with van der Waals surface area (Å²) >= 11 is 0. The Balaban J connectivity index is 2.63. The van der Waals surface area contributed by atoms with Gasteiger partial charge in [0, 0.05) is 30.9 Å². The molecule has 0 amide bonds. The molecule has 0 aliphatic rings. The zero-order valence-electron chi connectivity index (χ0n) is 14.3. The standard InChI is InChI=1S/C17H31N3O/c1-6-8-16-11-15(13-18-14(2)3)12-17(19-16)21-10-7-9-20(4)5/h11-12,14,18H,6-10,13H2,1-5H3. The van der Waals surface area contributed by atoms with Crippen LogP contribution in [0.25, 0.3) is 0 Å². The predicted molar refractivity (Wildman–Crippen MR) is 88.9 cm³/mol. The molecule has 4 nitrogen and oxygen atoms in total. The number of ether oxygens (including phenoxy) is 1. The Morgan fingerprint density at radius 3 is 2.67 bits per heavy atom. The largest absolute Gasteiger partial charge is 0.478 e. The number of nitrogens with one attached hydrogen (secondary N) is 1. The highest BCUT2D eigenvalue weighted by Crippen LogP contribution is 2.15. The molecule has 0 aliphatic heterocycles. The second-order valence-electron chi connectivity index (χ2n) is 6.10. The fourth-order valence-electron chi connectivity index (χ4n) is 2.06. The first-order valence-electron chi connectivity index (χ1n) is 8.02. The average Bonchev–Trinajstić information content (AvgIpc) is 2.41. The molecule has 21 heavy (non-hydrogen) atoms. The van der Waals surface area contributed by atoms with E-state index in [0.717, 1.165) is 50.5 Å². The molecule has 1 N–H and O–H groups in total. The van der Waals surface area contributed by atoms with E-state index in [0.29, 0.717) is 6.04 Å². The number of rotatable bonds is 10. The van der Waals surface area contributed by atoms with Gasteiger partial charge in [0.05, 0.1) is 6.61 Å². The van der Waals surface area contributed by atoms with E-state index in [1.807, 2.05) is 0 Å². The van der Waals surface area contributed by atoms with E-state index in [2.05, 4.69) is 62.2 Å². The number of nitrogens with zero attached hydrogens (tertiary/aromatic N) is 2. The molecule has 0 radical (unpaired) electrons. The van der Waals surface area contributed by atoms with Crippen LogP contribution in [0.2, 0.25) is 0 Å². The lowest BCUT2D eigenvalue weighted by molar-refractivity contribution is 0.272. The molecule has 0 spiro atoms. The Morgan fingerprint density at radius 1 is 1.29 bits per heavy atom. The quantitative estimate of drug-likeness (QED) is 0.673. The Bertz CT molecular complexity index is 405. The van der Waals surface area contributed by atoms with Crippen LogP contribution >= 0.6 is 0 Å². The summed E-state index contributed by atoms with van der Waals surface area (Å²) in [5, 5.41) is 3.45. The smallest absolute Gasteiger partial charge is 0.213 e. The van der Waals surface area contributed by atoms with Crippen LogP contribution in [0.4, 0.5) is 0 Å². The van der Waals surface area contributed by atoms with Crippen LogP contribution in [0.5, 0.6) is 5.88 Å². The highest BCUT2D eigenvalue weighted by molar-refractivity contribution is 5.25. The molecule has 0 aromatic carbocycles. The zero-order valence-corrected chi connectivity index (χ0v) is 14.3. The third-order valence-electron chi connectivity index (χ3n) is 3.13. The molecule has 0 aliphatic carbocycles. The van der Waals surface area contributed by atoms with Crippen LogP contribution < -0.4 is 10.1 Å². The predicted octanol–water partition coefficient (Wildman–Crippen LogP) is 2.86. The Morgan fingerprint density at radius 2 is 2.05 bits per heavy atom. The molecular formula is C17H31N3O. The van der Waals surface area contributed by atoms with E-state index in [-0.39, 0.29) is 0 Å². The van der Waals surface area contributed by atoms with Crippen molar-refractivity contribution in [2.45, 2.75) is 52.6 Å². The van der Waals surface area contributed by atoms with Gasteiger partial charge in [-0.2, -0.15) is 0 Å². The van der Waals surface area contributed by atoms with Crippen molar-refractivity contribution in [3.05, 3.63) is 23.4 Å². The van der Waals surface area contributed by atoms with Crippen LogP contribution in [0.1, 0.15) is 44.9 Å². The summed E-state index contributed by atoms with van der Waals surface area (Å²) in [5.41, 5.74) is 2.38. The highest BCUT2D eigenvalue weighted by Gasteiger charge is 2.05. The maximum Gasteiger partial charge on any atom is 0.213 e. The van der Waals surface area contributed by atoms with Crippen LogP contribution in [-0.2, 0) is 13.0 Å². The topological polar surface area (TPSA) is 37.4 Å². The average molecular weight is 293 g/mol. The van der Waals surface area contributed by atoms with Crippen molar-refractivity contribution < 1.29 is 4.74 Å². The van der Waals surface area contributed by atoms with Crippen molar-refractivity contribution in [2.24, 2.45) is 0 Å². The summed E-state index contributed by atoms with van der Waals surface area (Å²) in [6, 6.07) is 4.73. The summed E-state index contributed by atoms with van der Waals surface area (Å²) in [6.07, 6.45) is 3.13. The SMILES string of the molecule is CCCc1cc(CNC(C)C)cc(OCCCN(C)C)n1. The summed E-state index contributed by atoms with van der Waals surface area (Å²) in [5.74, 6) is 0.764. The van der Waals surface area contributed by atoms with E-state index in [9.17, 15) is 0 Å². The van der Waals surface area contributed by atoms with Crippen molar-refractivity contribution >= 4 is 0 Å². The van der Waals surface area contributed by atoms with Crippen molar-refractivity contribution in [3.8, 4) is 5.88 Å². The molecule has 120 valence electrons. The van der Waals surface area contributed by atoms with E-state index in [1.165, 1.54) is 5.56 Å². The summed E-state index contributed by atoms with van der Waals surface area (Å²) in [4.78, 5) is 6.77. The molecule has 0 unspecified atom stereocenters. The molecule has 1 aromatic heterocycles. The number of aryl methyl sites for hydroxylation is 1. The minimum absolute atomic E-state index is 0.484. The second kappa shape index (κ2) is 9.74. The van der Waals surface area contributed by atoms with Crippen LogP contribution in [0, 0.1) is 0 Å². The second-order valence-corrected chi connectivity index (χ2v) is 6.10. The van der Waals surface area contributed by atoms with Gasteiger partial charge in [-0.3, -0.25) is 0 Å². The summed E-state index contributed by atoms with van der Waals surface area (Å²) in [6.45, 7) is 9.12. The molecule has 0 saturated carbocycles. The van der Waals surface area contributed by atoms with Gasteiger partial charge < -0.3 is 15.0 Å². The minimum Gasteiger partial charge on any atom is -0.478 e. The fraction of sp³-hybridized carbons (Fsp3) is 0.706. The summed E-state index contributed by atoms with van der Waals surface area (Å²) < 4.78 is 5.83. The minimum atomic E-state index is 0.484. The lowest BCUT2D eigenvalue weighted by Crippen LogP contribution is -2.22. The third kappa shape index (κ3) is 8.02. The number of pyridine rings is 1. The fourth-order valence-corrected chi connectivity index (χ4v) is 2.06. The van der Waals surface area contributed by atoms with Gasteiger partial charge in [-0.05, 0) is 38.6 Å². The number of aromatic nitrogens is 1. The van der Waals surface area contributed by atoms with E-state index in [4.69, 9.17) is 4.74 Å². The first kappa shape index (κ1) is 17.9. The molecule has 1 heterocycles. The summed E-state index contributed by atoms with van der Waals surface area (Å²) in [7, 11) is 4.16. The maximum atomic E-state index is 5.83. The van der Waals surface area contributed by atoms with E-state index in [1.54, 1.807) is 0 Å². The Labute approximate surface area is 129 Å². The van der Waals surface area contributed by atoms with Crippen molar-refractivity contribution in [1.82, 2.24) is 15.2 Å². The van der Waals surface area contributed by atoms with Crippen LogP contribution in [0.15, 0.2) is 12.1 Å². The molecule has 1 rings (SSSR count). The van der Waals surface area contributed by atoms with E-state index < -0.39 is 0 Å². The van der Waals surface area contributed by atoms with Gasteiger partial charge in [0.2, 0.25) is 5.88 Å². The molecule has 0 fully saturated rings. The third-order valence-corrected chi connectivity index (χ3v) is 3.13. The van der Waals surface area contributed by atoms with Crippen molar-refractivity contribution in [3.63, 3.8) is 0 Å². The van der Waals surface area contributed by atoms with E-state index >= 15 is 0 Å². The maximum absolute atomic E-state index is 5.83. The molecule has 0 saturated heterocycles. The Kier molecular flexibility index (Phi) is 8.31. The normalized spacial score (nSPS) is 11.4. The highest BCUT2D eigenvalue weighted by atomic mass is 16.5. The first-order chi connectivity index (χ1) is 10.0. The lowest BCUT2D eigenvalue weighted by atomic mass is 10.1. The van der Waals surface area contributed by atoms with Crippen LogP contribution in [0.3, 0.4) is 0 Å². The van der Waals surface area contributed by atoms with Gasteiger partial charge in [0.1, 0.15) is 0 Å². The van der Waals surface area contributed by atoms with Crippen molar-refractivity contribution in [2.75, 3.05) is 27.2 Å². The molecule has 4 heteroatoms. The molecule has 1 aromatic rings. The van der Waals surface area contributed by atoms with Crippen molar-refractivity contribution in [1.29, 1.82) is 0 Å². The Hall–Kier alpha value is -1.13. The van der Waals surface area contributed by atoms with Gasteiger partial charge in [-0.25, -0.2) is 4.98 Å². The molecule has 0 bridgehead atoms. The van der Waals surface area contributed by atoms with Crippen LogP contribution in [-0.4, -0.2) is 43.2 Å². The van der Waals surface area contributed by atoms with Gasteiger partial charge in [-0.1, -0.05) is 27.2 Å². The monoisotopic (exact) mass is 293 g/mol. The number of hydrogen-bond acceptors (Lipinski definition) is 4. The number of hydrogen-bond donors (Lipinski definition) is 1. The first-order valence-corrected chi connectivity index (χ1v) is 8.02. The lowest BCUT2D eigenvalue weighted by Gasteiger charge is -2.13. The molecular weight excluding hydrogens is 262 g/mol. The zero-order chi connectivity index (χ0) is 15.7. The van der Waals surface area contributed by atoms with Gasteiger partial charge in [-0.15, -0.1) is 0 Å². The molecule has 0 atom stereocenters. The van der Waals surface area contributed by atoms with Gasteiger partial charge in [0.25, 0.3) is 0 Å². The van der Waals surface area contributed by atoms with Gasteiger partial charge in [0.15, 0.2) is 0 Å². The van der Waals surface area contributed by atoms with Gasteiger partial charge >= 0.3 is 0 Å².